The van der Waals surface area contributed by atoms with Crippen LogP contribution in [-0.2, 0) is 11.8 Å². The molecule has 0 bridgehead atoms. The molecule has 1 aromatic heterocycles. The molecule has 5 heteroatoms. The van der Waals surface area contributed by atoms with Crippen LogP contribution >= 0.6 is 0 Å². The van der Waals surface area contributed by atoms with Crippen LogP contribution in [0.15, 0.2) is 30.3 Å². The lowest BCUT2D eigenvalue weighted by Gasteiger charge is -2.32. The highest BCUT2D eigenvalue weighted by molar-refractivity contribution is 5.98. The van der Waals surface area contributed by atoms with Gasteiger partial charge in [0.15, 0.2) is 0 Å². The van der Waals surface area contributed by atoms with E-state index in [9.17, 15) is 9.59 Å². The molecule has 0 unspecified atom stereocenters. The second-order valence-corrected chi connectivity index (χ2v) is 5.08. The van der Waals surface area contributed by atoms with E-state index in [4.69, 9.17) is 0 Å². The van der Waals surface area contributed by atoms with Crippen LogP contribution in [-0.4, -0.2) is 52.9 Å². The van der Waals surface area contributed by atoms with Crippen LogP contribution in [0.2, 0.25) is 0 Å². The van der Waals surface area contributed by atoms with E-state index in [0.29, 0.717) is 31.9 Å². The Bertz CT molecular complexity index is 654. The molecular formula is C15H17N3O2. The molecule has 2 aromatic rings. The fourth-order valence-electron chi connectivity index (χ4n) is 2.69. The van der Waals surface area contributed by atoms with Crippen LogP contribution in [0.25, 0.3) is 10.9 Å². The van der Waals surface area contributed by atoms with Gasteiger partial charge in [0, 0.05) is 44.1 Å². The number of rotatable bonds is 2. The summed E-state index contributed by atoms with van der Waals surface area (Å²) < 4.78 is 1.93. The van der Waals surface area contributed by atoms with Gasteiger partial charge in [0.1, 0.15) is 5.69 Å². The number of nitrogens with zero attached hydrogens (tertiary/aromatic N) is 3. The molecule has 0 radical (unpaired) electrons. The normalized spacial score (nSPS) is 15.7. The van der Waals surface area contributed by atoms with Gasteiger partial charge in [0.2, 0.25) is 6.41 Å². The van der Waals surface area contributed by atoms with Gasteiger partial charge in [-0.25, -0.2) is 0 Å². The van der Waals surface area contributed by atoms with Crippen molar-refractivity contribution in [1.82, 2.24) is 14.4 Å². The van der Waals surface area contributed by atoms with Crippen LogP contribution in [0.4, 0.5) is 0 Å². The maximum Gasteiger partial charge on any atom is 0.270 e. The molecule has 0 N–H and O–H groups in total. The van der Waals surface area contributed by atoms with Crippen molar-refractivity contribution in [2.75, 3.05) is 26.2 Å². The number of fused-ring (bicyclic) bond motifs is 1. The Morgan fingerprint density at radius 2 is 1.85 bits per heavy atom. The third kappa shape index (κ3) is 2.05. The first-order chi connectivity index (χ1) is 9.70. The largest absolute Gasteiger partial charge is 0.342 e. The van der Waals surface area contributed by atoms with Gasteiger partial charge in [-0.3, -0.25) is 9.59 Å². The Kier molecular flexibility index (Phi) is 3.18. The summed E-state index contributed by atoms with van der Waals surface area (Å²) in [6, 6.07) is 9.90. The average Bonchev–Trinajstić information content (AvgIpc) is 2.84. The summed E-state index contributed by atoms with van der Waals surface area (Å²) in [5, 5.41) is 1.07. The summed E-state index contributed by atoms with van der Waals surface area (Å²) in [6.07, 6.45) is 0.846. The van der Waals surface area contributed by atoms with Gasteiger partial charge in [-0.1, -0.05) is 18.2 Å². The quantitative estimate of drug-likeness (QED) is 0.768. The number of hydrogen-bond donors (Lipinski definition) is 0. The molecule has 1 aliphatic heterocycles. The summed E-state index contributed by atoms with van der Waals surface area (Å²) in [5.41, 5.74) is 1.76. The van der Waals surface area contributed by atoms with E-state index in [1.165, 1.54) is 0 Å². The molecule has 0 spiro atoms. The maximum absolute atomic E-state index is 12.6. The average molecular weight is 271 g/mol. The summed E-state index contributed by atoms with van der Waals surface area (Å²) in [7, 11) is 1.91. The Hall–Kier alpha value is -2.30. The van der Waals surface area contributed by atoms with E-state index in [2.05, 4.69) is 0 Å². The molecular weight excluding hydrogens is 254 g/mol. The lowest BCUT2D eigenvalue weighted by atomic mass is 10.2. The molecule has 1 aromatic carbocycles. The van der Waals surface area contributed by atoms with Gasteiger partial charge < -0.3 is 14.4 Å². The summed E-state index contributed by atoms with van der Waals surface area (Å²) in [4.78, 5) is 26.8. The number of aryl methyl sites for hydroxylation is 1. The SMILES string of the molecule is Cn1c(C(=O)N2CCN(C=O)CC2)cc2ccccc21. The zero-order valence-corrected chi connectivity index (χ0v) is 11.5. The molecule has 104 valence electrons. The molecule has 3 rings (SSSR count). The van der Waals surface area contributed by atoms with Crippen molar-refractivity contribution in [1.29, 1.82) is 0 Å². The molecule has 1 aliphatic rings. The summed E-state index contributed by atoms with van der Waals surface area (Å²) in [5.74, 6) is 0.0363. The number of piperazine rings is 1. The van der Waals surface area contributed by atoms with Gasteiger partial charge in [-0.05, 0) is 12.1 Å². The fourth-order valence-corrected chi connectivity index (χ4v) is 2.69. The van der Waals surface area contributed by atoms with Gasteiger partial charge in [0.25, 0.3) is 5.91 Å². The minimum absolute atomic E-state index is 0.0363. The highest BCUT2D eigenvalue weighted by Crippen LogP contribution is 2.20. The van der Waals surface area contributed by atoms with Gasteiger partial charge in [0.05, 0.1) is 0 Å². The molecule has 5 nitrogen and oxygen atoms in total. The second kappa shape index (κ2) is 5.00. The van der Waals surface area contributed by atoms with Crippen molar-refractivity contribution in [3.63, 3.8) is 0 Å². The van der Waals surface area contributed by atoms with Crippen LogP contribution < -0.4 is 0 Å². The molecule has 2 amide bonds. The Morgan fingerprint density at radius 3 is 2.50 bits per heavy atom. The van der Waals surface area contributed by atoms with Crippen LogP contribution in [0.3, 0.4) is 0 Å². The van der Waals surface area contributed by atoms with Crippen LogP contribution in [0.5, 0.6) is 0 Å². The first-order valence-corrected chi connectivity index (χ1v) is 6.74. The van der Waals surface area contributed by atoms with Crippen molar-refractivity contribution in [2.45, 2.75) is 0 Å². The zero-order valence-electron chi connectivity index (χ0n) is 11.5. The van der Waals surface area contributed by atoms with E-state index < -0.39 is 0 Å². The minimum atomic E-state index is 0.0363. The minimum Gasteiger partial charge on any atom is -0.342 e. The molecule has 1 fully saturated rings. The Labute approximate surface area is 117 Å². The molecule has 0 aliphatic carbocycles. The van der Waals surface area contributed by atoms with Gasteiger partial charge >= 0.3 is 0 Å². The maximum atomic E-state index is 12.6. The molecule has 0 atom stereocenters. The number of hydrogen-bond acceptors (Lipinski definition) is 2. The zero-order chi connectivity index (χ0) is 14.1. The van der Waals surface area contributed by atoms with Crippen LogP contribution in [0, 0.1) is 0 Å². The monoisotopic (exact) mass is 271 g/mol. The van der Waals surface area contributed by atoms with Crippen LogP contribution in [0.1, 0.15) is 10.5 Å². The lowest BCUT2D eigenvalue weighted by molar-refractivity contribution is -0.119. The number of aromatic nitrogens is 1. The Morgan fingerprint density at radius 1 is 1.15 bits per heavy atom. The highest BCUT2D eigenvalue weighted by Gasteiger charge is 2.23. The lowest BCUT2D eigenvalue weighted by Crippen LogP contribution is -2.48. The standard InChI is InChI=1S/C15H17N3O2/c1-16-13-5-3-2-4-12(13)10-14(16)15(20)18-8-6-17(11-19)7-9-18/h2-5,10-11H,6-9H2,1H3. The van der Waals surface area contributed by atoms with Crippen molar-refractivity contribution >= 4 is 23.2 Å². The predicted molar refractivity (Wildman–Crippen MR) is 76.5 cm³/mol. The third-order valence-corrected chi connectivity index (χ3v) is 3.92. The van der Waals surface area contributed by atoms with E-state index in [1.54, 1.807) is 4.90 Å². The van der Waals surface area contributed by atoms with Crippen molar-refractivity contribution in [3.05, 3.63) is 36.0 Å². The van der Waals surface area contributed by atoms with Crippen molar-refractivity contribution < 1.29 is 9.59 Å². The summed E-state index contributed by atoms with van der Waals surface area (Å²) >= 11 is 0. The van der Waals surface area contributed by atoms with E-state index in [1.807, 2.05) is 46.8 Å². The highest BCUT2D eigenvalue weighted by atomic mass is 16.2. The molecule has 1 saturated heterocycles. The first kappa shape index (κ1) is 12.7. The predicted octanol–water partition coefficient (Wildman–Crippen LogP) is 1.09. The second-order valence-electron chi connectivity index (χ2n) is 5.08. The van der Waals surface area contributed by atoms with Gasteiger partial charge in [-0.15, -0.1) is 0 Å². The van der Waals surface area contributed by atoms with Crippen molar-refractivity contribution in [2.24, 2.45) is 7.05 Å². The fraction of sp³-hybridized carbons (Fsp3) is 0.333. The first-order valence-electron chi connectivity index (χ1n) is 6.74. The van der Waals surface area contributed by atoms with Gasteiger partial charge in [-0.2, -0.15) is 0 Å². The Balaban J connectivity index is 1.86. The van der Waals surface area contributed by atoms with E-state index in [-0.39, 0.29) is 5.91 Å². The molecule has 20 heavy (non-hydrogen) atoms. The molecule has 2 heterocycles. The smallest absolute Gasteiger partial charge is 0.270 e. The van der Waals surface area contributed by atoms with Crippen molar-refractivity contribution in [3.8, 4) is 0 Å². The van der Waals surface area contributed by atoms with E-state index in [0.717, 1.165) is 17.3 Å². The third-order valence-electron chi connectivity index (χ3n) is 3.92. The number of para-hydroxylation sites is 1. The van der Waals surface area contributed by atoms with E-state index >= 15 is 0 Å². The number of amides is 2. The molecule has 0 saturated carbocycles. The number of carbonyl (C=O) groups is 2. The summed E-state index contributed by atoms with van der Waals surface area (Å²) in [6.45, 7) is 2.41. The number of benzene rings is 1. The topological polar surface area (TPSA) is 45.6 Å². The number of carbonyl (C=O) groups excluding carboxylic acids is 2.